The second kappa shape index (κ2) is 9.96. The zero-order valence-corrected chi connectivity index (χ0v) is 18.4. The minimum absolute atomic E-state index is 0.0292. The highest BCUT2D eigenvalue weighted by molar-refractivity contribution is 5.79. The predicted molar refractivity (Wildman–Crippen MR) is 135 cm³/mol. The molecule has 0 unspecified atom stereocenters. The van der Waals surface area contributed by atoms with Crippen molar-refractivity contribution in [3.05, 3.63) is 144 Å². The van der Waals surface area contributed by atoms with E-state index in [0.717, 1.165) is 11.1 Å². The molecule has 1 saturated heterocycles. The lowest BCUT2D eigenvalue weighted by Gasteiger charge is -2.26. The van der Waals surface area contributed by atoms with E-state index in [1.165, 1.54) is 11.1 Å². The van der Waals surface area contributed by atoms with Crippen molar-refractivity contribution < 1.29 is 0 Å². The molecule has 162 valence electrons. The molecule has 0 saturated carbocycles. The summed E-state index contributed by atoms with van der Waals surface area (Å²) < 4.78 is 0. The largest absolute Gasteiger partial charge is 0.266 e. The maximum atomic E-state index is 4.93. The number of hydrazone groups is 2. The van der Waals surface area contributed by atoms with Gasteiger partial charge in [-0.2, -0.15) is 10.2 Å². The molecule has 1 fully saturated rings. The summed E-state index contributed by atoms with van der Waals surface area (Å²) in [6, 6.07) is 41.7. The predicted octanol–water partition coefficient (Wildman–Crippen LogP) is 6.11. The lowest BCUT2D eigenvalue weighted by molar-refractivity contribution is 0.233. The van der Waals surface area contributed by atoms with Crippen molar-refractivity contribution in [2.75, 3.05) is 6.67 Å². The van der Waals surface area contributed by atoms with Crippen molar-refractivity contribution in [1.82, 2.24) is 10.0 Å². The van der Waals surface area contributed by atoms with Gasteiger partial charge >= 0.3 is 0 Å². The van der Waals surface area contributed by atoms with Crippen molar-refractivity contribution in [1.29, 1.82) is 0 Å². The Morgan fingerprint density at radius 1 is 0.485 bits per heavy atom. The second-order valence-electron chi connectivity index (χ2n) is 8.04. The summed E-state index contributed by atoms with van der Waals surface area (Å²) in [5.74, 6) is 0. The van der Waals surface area contributed by atoms with Crippen LogP contribution < -0.4 is 0 Å². The van der Waals surface area contributed by atoms with Gasteiger partial charge in [0.05, 0.1) is 12.4 Å². The van der Waals surface area contributed by atoms with Crippen LogP contribution in [-0.4, -0.2) is 29.1 Å². The summed E-state index contributed by atoms with van der Waals surface area (Å²) >= 11 is 0. The molecule has 1 aliphatic heterocycles. The zero-order chi connectivity index (χ0) is 22.3. The summed E-state index contributed by atoms with van der Waals surface area (Å²) in [5, 5.41) is 14.1. The molecule has 0 aromatic heterocycles. The number of benzene rings is 4. The third kappa shape index (κ3) is 4.85. The average molecular weight is 431 g/mol. The summed E-state index contributed by atoms with van der Waals surface area (Å²) in [5.41, 5.74) is 4.58. The van der Waals surface area contributed by atoms with Gasteiger partial charge in [-0.1, -0.05) is 121 Å². The molecule has 0 amide bonds. The molecule has 33 heavy (non-hydrogen) atoms. The van der Waals surface area contributed by atoms with Crippen LogP contribution in [0.15, 0.2) is 132 Å². The Kier molecular flexibility index (Phi) is 6.25. The van der Waals surface area contributed by atoms with Gasteiger partial charge in [0.25, 0.3) is 0 Å². The van der Waals surface area contributed by atoms with Crippen LogP contribution in [0.2, 0.25) is 0 Å². The van der Waals surface area contributed by atoms with E-state index >= 15 is 0 Å². The summed E-state index contributed by atoms with van der Waals surface area (Å²) in [4.78, 5) is 0. The lowest BCUT2D eigenvalue weighted by Crippen LogP contribution is -2.20. The molecule has 0 N–H and O–H groups in total. The van der Waals surface area contributed by atoms with Crippen molar-refractivity contribution in [2.45, 2.75) is 12.1 Å². The first-order valence-corrected chi connectivity index (χ1v) is 11.2. The van der Waals surface area contributed by atoms with E-state index in [0.29, 0.717) is 6.67 Å². The SMILES string of the molecule is C(=NN1CN(N=Cc2ccccc2)[C@@H](c2ccccc2)[C@@H]1c1ccccc1)c1ccccc1. The Morgan fingerprint density at radius 3 is 1.18 bits per heavy atom. The van der Waals surface area contributed by atoms with Crippen LogP contribution in [0.25, 0.3) is 0 Å². The van der Waals surface area contributed by atoms with E-state index in [2.05, 4.69) is 94.9 Å². The number of hydrogen-bond donors (Lipinski definition) is 0. The van der Waals surface area contributed by atoms with Crippen LogP contribution in [0.3, 0.4) is 0 Å². The van der Waals surface area contributed by atoms with Crippen LogP contribution in [0.4, 0.5) is 0 Å². The fourth-order valence-corrected chi connectivity index (χ4v) is 4.24. The van der Waals surface area contributed by atoms with Crippen LogP contribution in [-0.2, 0) is 0 Å². The Morgan fingerprint density at radius 2 is 0.818 bits per heavy atom. The van der Waals surface area contributed by atoms with Crippen molar-refractivity contribution in [3.8, 4) is 0 Å². The molecule has 2 atom stereocenters. The highest BCUT2D eigenvalue weighted by atomic mass is 15.7. The molecule has 0 aliphatic carbocycles. The molecule has 4 aromatic rings. The highest BCUT2D eigenvalue weighted by Gasteiger charge is 2.41. The molecule has 4 heteroatoms. The van der Waals surface area contributed by atoms with Crippen LogP contribution in [0.1, 0.15) is 34.3 Å². The van der Waals surface area contributed by atoms with E-state index in [9.17, 15) is 0 Å². The molecule has 4 aromatic carbocycles. The third-order valence-corrected chi connectivity index (χ3v) is 5.82. The van der Waals surface area contributed by atoms with E-state index in [1.54, 1.807) is 0 Å². The molecule has 1 aliphatic rings. The Bertz CT molecular complexity index is 1090. The molecule has 1 heterocycles. The van der Waals surface area contributed by atoms with Gasteiger partial charge in [0.1, 0.15) is 18.8 Å². The van der Waals surface area contributed by atoms with Gasteiger partial charge in [-0.3, -0.25) is 10.0 Å². The molecule has 0 spiro atoms. The highest BCUT2D eigenvalue weighted by Crippen LogP contribution is 2.44. The smallest absolute Gasteiger partial charge is 0.125 e. The Labute approximate surface area is 195 Å². The van der Waals surface area contributed by atoms with Crippen LogP contribution in [0, 0.1) is 0 Å². The fraction of sp³-hybridized carbons (Fsp3) is 0.103. The molecule has 0 bridgehead atoms. The van der Waals surface area contributed by atoms with Gasteiger partial charge in [-0.15, -0.1) is 0 Å². The lowest BCUT2D eigenvalue weighted by atomic mass is 9.94. The van der Waals surface area contributed by atoms with E-state index < -0.39 is 0 Å². The Hall–Kier alpha value is -4.18. The maximum Gasteiger partial charge on any atom is 0.125 e. The molecule has 0 radical (unpaired) electrons. The van der Waals surface area contributed by atoms with Gasteiger partial charge in [-0.25, -0.2) is 0 Å². The maximum absolute atomic E-state index is 4.93. The average Bonchev–Trinajstić information content (AvgIpc) is 3.27. The van der Waals surface area contributed by atoms with E-state index in [4.69, 9.17) is 10.2 Å². The van der Waals surface area contributed by atoms with E-state index in [1.807, 2.05) is 48.8 Å². The molecular formula is C29H26N4. The minimum atomic E-state index is 0.0292. The van der Waals surface area contributed by atoms with Gasteiger partial charge in [0.2, 0.25) is 0 Å². The summed E-state index contributed by atoms with van der Waals surface area (Å²) in [6.45, 7) is 0.589. The standard InChI is InChI=1S/C29H26N4/c1-5-13-24(14-6-1)21-30-32-23-33(31-22-25-15-7-2-8-16-25)29(27-19-11-4-12-20-27)28(32)26-17-9-3-10-18-26/h1-22,28-29H,23H2/t28-,29-/m0/s1. The number of hydrogen-bond acceptors (Lipinski definition) is 4. The van der Waals surface area contributed by atoms with Gasteiger partial charge in [0, 0.05) is 0 Å². The van der Waals surface area contributed by atoms with Crippen molar-refractivity contribution in [2.24, 2.45) is 10.2 Å². The first kappa shape index (κ1) is 20.7. The monoisotopic (exact) mass is 430 g/mol. The third-order valence-electron chi connectivity index (χ3n) is 5.82. The first-order valence-electron chi connectivity index (χ1n) is 11.2. The van der Waals surface area contributed by atoms with Crippen LogP contribution >= 0.6 is 0 Å². The summed E-state index contributed by atoms with van der Waals surface area (Å²) in [7, 11) is 0. The molecule has 4 nitrogen and oxygen atoms in total. The van der Waals surface area contributed by atoms with Crippen molar-refractivity contribution >= 4 is 12.4 Å². The summed E-state index contributed by atoms with van der Waals surface area (Å²) in [6.07, 6.45) is 3.87. The Balaban J connectivity index is 1.55. The van der Waals surface area contributed by atoms with Gasteiger partial charge in [0.15, 0.2) is 0 Å². The quantitative estimate of drug-likeness (QED) is 0.346. The fourth-order valence-electron chi connectivity index (χ4n) is 4.24. The second-order valence-corrected chi connectivity index (χ2v) is 8.04. The normalized spacial score (nSPS) is 18.4. The first-order chi connectivity index (χ1) is 16.4. The topological polar surface area (TPSA) is 31.2 Å². The minimum Gasteiger partial charge on any atom is -0.266 e. The zero-order valence-electron chi connectivity index (χ0n) is 18.4. The van der Waals surface area contributed by atoms with E-state index in [-0.39, 0.29) is 12.1 Å². The van der Waals surface area contributed by atoms with Crippen molar-refractivity contribution in [3.63, 3.8) is 0 Å². The van der Waals surface area contributed by atoms with Gasteiger partial charge < -0.3 is 0 Å². The van der Waals surface area contributed by atoms with Crippen LogP contribution in [0.5, 0.6) is 0 Å². The number of rotatable bonds is 6. The number of nitrogens with zero attached hydrogens (tertiary/aromatic N) is 4. The molecular weight excluding hydrogens is 404 g/mol. The van der Waals surface area contributed by atoms with Gasteiger partial charge in [-0.05, 0) is 22.3 Å². The molecule has 5 rings (SSSR count).